The van der Waals surface area contributed by atoms with Gasteiger partial charge in [0.05, 0.1) is 31.6 Å². The quantitative estimate of drug-likeness (QED) is 0.409. The average Bonchev–Trinajstić information content (AvgIpc) is 4.01. The number of nitrogens with zero attached hydrogens (tertiary/aromatic N) is 3. The molecule has 0 spiro atoms. The van der Waals surface area contributed by atoms with Crippen molar-refractivity contribution in [3.63, 3.8) is 0 Å². The Labute approximate surface area is 298 Å². The van der Waals surface area contributed by atoms with Gasteiger partial charge >= 0.3 is 0 Å². The lowest BCUT2D eigenvalue weighted by Crippen LogP contribution is -2.57. The summed E-state index contributed by atoms with van der Waals surface area (Å²) in [5.74, 6) is -1.22. The summed E-state index contributed by atoms with van der Waals surface area (Å²) < 4.78 is 52.4. The third-order valence-corrected chi connectivity index (χ3v) is 13.5. The fourth-order valence-corrected chi connectivity index (χ4v) is 9.46. The standard InChI is InChI=1S/C37H48FN5O7S/c1-24-7-3-4-8-26-20-37(26,35(46)41-51(47,48)36(23-38)11-12-36)40-33(45)30-19-27(22-43(30)32(44)18-25(2)17-24)50-34-29-10-6-5-9-28(29)31(21-39-34)42-13-15-49-16-14-42/h4-6,8-10,21,24-27,30H,3,7,11-20,22-23H2,1-2H3,(H,40,45)(H,41,46)/b8-4-/t24-,25+,26+,27+,30-,37+/m0/s1. The van der Waals surface area contributed by atoms with Crippen LogP contribution in [0.4, 0.5) is 10.1 Å². The first-order chi connectivity index (χ1) is 24.4. The fraction of sp³-hybridized carbons (Fsp3) is 0.622. The smallest absolute Gasteiger partial charge is 0.259 e. The second-order valence-corrected chi connectivity index (χ2v) is 17.4. The Bertz CT molecular complexity index is 1810. The summed E-state index contributed by atoms with van der Waals surface area (Å²) in [6.07, 6.45) is 8.41. The number of pyridine rings is 1. The van der Waals surface area contributed by atoms with E-state index in [0.29, 0.717) is 25.0 Å². The number of alkyl halides is 1. The number of morpholine rings is 1. The van der Waals surface area contributed by atoms with Crippen molar-refractivity contribution in [2.45, 2.75) is 87.6 Å². The maximum absolute atomic E-state index is 14.2. The lowest BCUT2D eigenvalue weighted by Gasteiger charge is -2.30. The molecule has 2 saturated carbocycles. The summed E-state index contributed by atoms with van der Waals surface area (Å²) in [5, 5.41) is 4.67. The Hall–Kier alpha value is -3.78. The van der Waals surface area contributed by atoms with Gasteiger partial charge in [-0.2, -0.15) is 0 Å². The van der Waals surface area contributed by atoms with Crippen molar-refractivity contribution < 1.29 is 36.7 Å². The van der Waals surface area contributed by atoms with Crippen molar-refractivity contribution in [3.8, 4) is 5.88 Å². The molecule has 3 amide bonds. The molecule has 2 saturated heterocycles. The molecule has 4 fully saturated rings. The maximum Gasteiger partial charge on any atom is 0.259 e. The summed E-state index contributed by atoms with van der Waals surface area (Å²) in [6.45, 7) is 6.02. The molecular weight excluding hydrogens is 678 g/mol. The van der Waals surface area contributed by atoms with E-state index in [0.717, 1.165) is 48.8 Å². The van der Waals surface area contributed by atoms with Gasteiger partial charge in [0.2, 0.25) is 27.7 Å². The molecule has 1 aromatic heterocycles. The largest absolute Gasteiger partial charge is 0.472 e. The number of halogens is 1. The molecule has 0 bridgehead atoms. The van der Waals surface area contributed by atoms with Crippen LogP contribution >= 0.6 is 0 Å². The lowest BCUT2D eigenvalue weighted by molar-refractivity contribution is -0.140. The predicted octanol–water partition coefficient (Wildman–Crippen LogP) is 3.65. The second-order valence-electron chi connectivity index (χ2n) is 15.3. The number of hydrogen-bond donors (Lipinski definition) is 2. The van der Waals surface area contributed by atoms with Gasteiger partial charge in [-0.25, -0.2) is 17.8 Å². The number of anilines is 1. The van der Waals surface area contributed by atoms with Gasteiger partial charge in [0.15, 0.2) is 0 Å². The average molecular weight is 726 g/mol. The van der Waals surface area contributed by atoms with Crippen LogP contribution < -0.4 is 19.7 Å². The van der Waals surface area contributed by atoms with Crippen LogP contribution in [-0.2, 0) is 29.1 Å². The third kappa shape index (κ3) is 7.05. The van der Waals surface area contributed by atoms with Gasteiger partial charge in [-0.1, -0.05) is 44.2 Å². The number of amides is 3. The van der Waals surface area contributed by atoms with Crippen molar-refractivity contribution >= 4 is 44.2 Å². The number of fused-ring (bicyclic) bond motifs is 3. The summed E-state index contributed by atoms with van der Waals surface area (Å²) in [4.78, 5) is 50.4. The molecule has 6 atom stereocenters. The Balaban J connectivity index is 1.16. The van der Waals surface area contributed by atoms with Crippen molar-refractivity contribution in [2.24, 2.45) is 17.8 Å². The zero-order valence-corrected chi connectivity index (χ0v) is 30.1. The molecule has 14 heteroatoms. The van der Waals surface area contributed by atoms with E-state index in [4.69, 9.17) is 14.5 Å². The predicted molar refractivity (Wildman–Crippen MR) is 189 cm³/mol. The van der Waals surface area contributed by atoms with Crippen LogP contribution in [0, 0.1) is 17.8 Å². The number of nitrogens with one attached hydrogen (secondary N) is 2. The van der Waals surface area contributed by atoms with Gasteiger partial charge in [-0.15, -0.1) is 0 Å². The first kappa shape index (κ1) is 35.6. The molecule has 3 aliphatic heterocycles. The first-order valence-corrected chi connectivity index (χ1v) is 19.7. The molecule has 51 heavy (non-hydrogen) atoms. The van der Waals surface area contributed by atoms with E-state index < -0.39 is 56.9 Å². The zero-order chi connectivity index (χ0) is 36.0. The summed E-state index contributed by atoms with van der Waals surface area (Å²) in [5.41, 5.74) is -0.553. The van der Waals surface area contributed by atoms with Crippen molar-refractivity contribution in [3.05, 3.63) is 42.6 Å². The monoisotopic (exact) mass is 725 g/mol. The highest BCUT2D eigenvalue weighted by Crippen LogP contribution is 2.48. The van der Waals surface area contributed by atoms with Gasteiger partial charge in [-0.3, -0.25) is 19.1 Å². The van der Waals surface area contributed by atoms with E-state index in [9.17, 15) is 27.2 Å². The van der Waals surface area contributed by atoms with E-state index in [1.54, 1.807) is 11.1 Å². The normalized spacial score (nSPS) is 31.8. The molecule has 4 heterocycles. The lowest BCUT2D eigenvalue weighted by atomic mass is 9.91. The maximum atomic E-state index is 14.2. The third-order valence-electron chi connectivity index (χ3n) is 11.4. The summed E-state index contributed by atoms with van der Waals surface area (Å²) in [6, 6.07) is 6.90. The summed E-state index contributed by atoms with van der Waals surface area (Å²) >= 11 is 0. The van der Waals surface area contributed by atoms with E-state index in [1.165, 1.54) is 0 Å². The van der Waals surface area contributed by atoms with Crippen LogP contribution in [0.25, 0.3) is 10.8 Å². The molecule has 7 rings (SSSR count). The van der Waals surface area contributed by atoms with Crippen LogP contribution in [0.3, 0.4) is 0 Å². The van der Waals surface area contributed by atoms with Gasteiger partial charge in [-0.05, 0) is 56.4 Å². The summed E-state index contributed by atoms with van der Waals surface area (Å²) in [7, 11) is -4.30. The molecule has 2 aromatic rings. The number of ether oxygens (including phenoxy) is 2. The molecular formula is C37H48FN5O7S. The Morgan fingerprint density at radius 3 is 2.59 bits per heavy atom. The highest BCUT2D eigenvalue weighted by molar-refractivity contribution is 7.91. The molecule has 12 nitrogen and oxygen atoms in total. The molecule has 2 N–H and O–H groups in total. The molecule has 0 radical (unpaired) electrons. The van der Waals surface area contributed by atoms with Crippen molar-refractivity contribution in [1.82, 2.24) is 19.9 Å². The van der Waals surface area contributed by atoms with Crippen LogP contribution in [0.5, 0.6) is 5.88 Å². The van der Waals surface area contributed by atoms with E-state index in [1.807, 2.05) is 43.3 Å². The number of sulfonamides is 1. The topological polar surface area (TPSA) is 147 Å². The Kier molecular flexibility index (Phi) is 9.76. The van der Waals surface area contributed by atoms with E-state index >= 15 is 0 Å². The SMILES string of the molecule is C[C@H]1CC/C=C\[C@@H]2C[C@@]2(C(=O)NS(=O)(=O)C2(CF)CC2)NC(=O)[C@@H]2C[C@@H](Oc3ncc(N4CCOCC4)c4ccccc34)CN2C(=O)C[C@H](C)C1. The highest BCUT2D eigenvalue weighted by Gasteiger charge is 2.64. The Morgan fingerprint density at radius 2 is 1.86 bits per heavy atom. The molecule has 0 unspecified atom stereocenters. The number of carbonyl (C=O) groups is 3. The van der Waals surface area contributed by atoms with E-state index in [-0.39, 0.29) is 50.5 Å². The number of rotatable bonds is 7. The highest BCUT2D eigenvalue weighted by atomic mass is 32.2. The molecule has 1 aromatic carbocycles. The minimum absolute atomic E-state index is 0.0876. The fourth-order valence-electron chi connectivity index (χ4n) is 8.03. The zero-order valence-electron chi connectivity index (χ0n) is 29.3. The van der Waals surface area contributed by atoms with Crippen LogP contribution in [0.15, 0.2) is 42.6 Å². The first-order valence-electron chi connectivity index (χ1n) is 18.2. The van der Waals surface area contributed by atoms with Crippen molar-refractivity contribution in [2.75, 3.05) is 44.4 Å². The van der Waals surface area contributed by atoms with Crippen molar-refractivity contribution in [1.29, 1.82) is 0 Å². The van der Waals surface area contributed by atoms with Crippen LogP contribution in [-0.4, -0.2) is 98.0 Å². The second kappa shape index (κ2) is 14.0. The number of aromatic nitrogens is 1. The number of hydrogen-bond acceptors (Lipinski definition) is 9. The number of allylic oxidation sites excluding steroid dienone is 1. The minimum atomic E-state index is -4.30. The number of benzene rings is 1. The molecule has 5 aliphatic rings. The Morgan fingerprint density at radius 1 is 1.12 bits per heavy atom. The van der Waals surface area contributed by atoms with Gasteiger partial charge < -0.3 is 24.6 Å². The van der Waals surface area contributed by atoms with Gasteiger partial charge in [0, 0.05) is 42.6 Å². The van der Waals surface area contributed by atoms with Gasteiger partial charge in [0.25, 0.3) is 5.91 Å². The van der Waals surface area contributed by atoms with Crippen LogP contribution in [0.2, 0.25) is 0 Å². The number of carbonyl (C=O) groups excluding carboxylic acids is 3. The molecule has 276 valence electrons. The molecule has 2 aliphatic carbocycles. The minimum Gasteiger partial charge on any atom is -0.472 e. The van der Waals surface area contributed by atoms with Crippen LogP contribution in [0.1, 0.15) is 65.2 Å². The van der Waals surface area contributed by atoms with Gasteiger partial charge in [0.1, 0.15) is 29.1 Å². The van der Waals surface area contributed by atoms with E-state index in [2.05, 4.69) is 21.9 Å².